The molecule has 0 saturated carbocycles. The van der Waals surface area contributed by atoms with E-state index >= 15 is 0 Å². The first-order valence-corrected chi connectivity index (χ1v) is 16.3. The number of rotatable bonds is 14. The van der Waals surface area contributed by atoms with E-state index in [0.717, 1.165) is 36.9 Å². The van der Waals surface area contributed by atoms with Crippen LogP contribution in [0.2, 0.25) is 0 Å². The number of carbonyl (C=O) groups is 1. The number of aliphatic hydroxyl groups is 1. The number of carbonyl (C=O) groups excluding carboxylic acids is 1. The molecule has 0 saturated heterocycles. The van der Waals surface area contributed by atoms with Gasteiger partial charge in [-0.15, -0.1) is 0 Å². The van der Waals surface area contributed by atoms with Gasteiger partial charge in [0.25, 0.3) is 5.91 Å². The van der Waals surface area contributed by atoms with Gasteiger partial charge in [-0.1, -0.05) is 80.4 Å². The molecule has 4 aromatic carbocycles. The Balaban J connectivity index is 1.47. The van der Waals surface area contributed by atoms with Crippen molar-refractivity contribution in [3.05, 3.63) is 128 Å². The van der Waals surface area contributed by atoms with Crippen molar-refractivity contribution < 1.29 is 24.1 Å². The van der Waals surface area contributed by atoms with E-state index in [1.165, 1.54) is 0 Å². The molecule has 1 aliphatic rings. The smallest absolute Gasteiger partial charge is 0.266 e. The summed E-state index contributed by atoms with van der Waals surface area (Å²) >= 11 is 7.37. The van der Waals surface area contributed by atoms with Gasteiger partial charge in [0.05, 0.1) is 13.7 Å². The molecule has 4 aromatic rings. The van der Waals surface area contributed by atoms with Crippen molar-refractivity contribution in [2.75, 3.05) is 26.9 Å². The second-order valence-electron chi connectivity index (χ2n) is 10.6. The summed E-state index contributed by atoms with van der Waals surface area (Å²) in [6.45, 7) is 0.993. The number of hydrazine groups is 1. The van der Waals surface area contributed by atoms with E-state index < -0.39 is 11.6 Å². The normalized spacial score (nSPS) is 17.3. The Hall–Kier alpha value is -3.70. The van der Waals surface area contributed by atoms with Crippen molar-refractivity contribution in [1.29, 1.82) is 0 Å². The second-order valence-corrected chi connectivity index (χ2v) is 12.3. The molecule has 0 aliphatic carbocycles. The van der Waals surface area contributed by atoms with Crippen molar-refractivity contribution in [3.8, 4) is 11.5 Å². The van der Waals surface area contributed by atoms with Gasteiger partial charge in [-0.2, -0.15) is 0 Å². The molecule has 0 unspecified atom stereocenters. The molecule has 0 aromatic heterocycles. The first-order valence-electron chi connectivity index (χ1n) is 14.7. The average molecular weight is 737 g/mol. The molecule has 0 spiro atoms. The first-order chi connectivity index (χ1) is 21.9. The highest BCUT2D eigenvalue weighted by Gasteiger charge is 2.54. The molecule has 234 valence electrons. The molecule has 8 nitrogen and oxygen atoms in total. The van der Waals surface area contributed by atoms with Crippen molar-refractivity contribution in [2.45, 2.75) is 30.9 Å². The lowest BCUT2D eigenvalue weighted by Gasteiger charge is -2.31. The van der Waals surface area contributed by atoms with Gasteiger partial charge in [0, 0.05) is 46.1 Å². The summed E-state index contributed by atoms with van der Waals surface area (Å²) in [5.74, 6) is 1.52. The summed E-state index contributed by atoms with van der Waals surface area (Å²) in [6, 6.07) is 30.8. The standard InChI is InChI=1S/C35H35Br2N3O5/c1-43-27-15-11-24(12-16-27)19-20-38-40-34(42)35(23-26-7-2-4-9-30(26)36)32(29-8-3-5-10-31(29)37)45-33(39-35)25-13-17-28(18-14-25)44-22-6-21-41/h2-5,7-18,32,38,41H,6,19-23H2,1H3,(H,40,42)/t32-,35-/m0/s1. The van der Waals surface area contributed by atoms with Crippen LogP contribution in [0.15, 0.2) is 111 Å². The number of aliphatic imine (C=N–C) groups is 1. The highest BCUT2D eigenvalue weighted by Crippen LogP contribution is 2.45. The Kier molecular flexibility index (Phi) is 11.3. The van der Waals surface area contributed by atoms with Gasteiger partial charge >= 0.3 is 0 Å². The Labute approximate surface area is 280 Å². The Morgan fingerprint density at radius 1 is 0.933 bits per heavy atom. The number of methoxy groups -OCH3 is 1. The topological polar surface area (TPSA) is 101 Å². The van der Waals surface area contributed by atoms with Gasteiger partial charge < -0.3 is 19.3 Å². The van der Waals surface area contributed by atoms with E-state index in [1.807, 2.05) is 97.1 Å². The predicted molar refractivity (Wildman–Crippen MR) is 182 cm³/mol. The zero-order valence-corrected chi connectivity index (χ0v) is 28.0. The van der Waals surface area contributed by atoms with E-state index in [1.54, 1.807) is 7.11 Å². The molecule has 1 amide bonds. The minimum Gasteiger partial charge on any atom is -0.497 e. The molecule has 1 heterocycles. The molecule has 0 radical (unpaired) electrons. The number of benzene rings is 4. The van der Waals surface area contributed by atoms with Crippen molar-refractivity contribution >= 4 is 43.7 Å². The SMILES string of the molecule is COc1ccc(CCNNC(=O)[C@@]2(Cc3ccccc3Br)N=C(c3ccc(OCCCO)cc3)O[C@H]2c2ccccc2Br)cc1. The molecule has 45 heavy (non-hydrogen) atoms. The van der Waals surface area contributed by atoms with Gasteiger partial charge in [0.1, 0.15) is 11.5 Å². The fraction of sp³-hybridized carbons (Fsp3) is 0.257. The third-order valence-corrected chi connectivity index (χ3v) is 9.03. The highest BCUT2D eigenvalue weighted by molar-refractivity contribution is 9.10. The molecular weight excluding hydrogens is 702 g/mol. The number of hydrogen-bond donors (Lipinski definition) is 3. The maximum absolute atomic E-state index is 14.4. The third kappa shape index (κ3) is 7.94. The molecule has 0 bridgehead atoms. The van der Waals surface area contributed by atoms with E-state index in [0.29, 0.717) is 37.6 Å². The number of amides is 1. The van der Waals surface area contributed by atoms with E-state index in [9.17, 15) is 4.79 Å². The molecule has 0 fully saturated rings. The van der Waals surface area contributed by atoms with Crippen LogP contribution in [0.1, 0.15) is 34.8 Å². The van der Waals surface area contributed by atoms with Crippen LogP contribution in [0.5, 0.6) is 11.5 Å². The fourth-order valence-corrected chi connectivity index (χ4v) is 6.05. The zero-order chi connectivity index (χ0) is 31.6. The minimum absolute atomic E-state index is 0.0666. The largest absolute Gasteiger partial charge is 0.497 e. The maximum atomic E-state index is 14.4. The van der Waals surface area contributed by atoms with Crippen LogP contribution in [0, 0.1) is 0 Å². The van der Waals surface area contributed by atoms with Gasteiger partial charge in [-0.05, 0) is 66.1 Å². The highest BCUT2D eigenvalue weighted by atomic mass is 79.9. The number of ether oxygens (including phenoxy) is 3. The van der Waals surface area contributed by atoms with Crippen LogP contribution in [-0.2, 0) is 22.4 Å². The zero-order valence-electron chi connectivity index (χ0n) is 24.8. The first kappa shape index (κ1) is 32.7. The number of nitrogens with one attached hydrogen (secondary N) is 2. The number of hydrogen-bond acceptors (Lipinski definition) is 7. The van der Waals surface area contributed by atoms with E-state index in [2.05, 4.69) is 42.7 Å². The molecular formula is C35H35Br2N3O5. The van der Waals surface area contributed by atoms with Crippen LogP contribution in [-0.4, -0.2) is 49.3 Å². The summed E-state index contributed by atoms with van der Waals surface area (Å²) in [7, 11) is 1.64. The van der Waals surface area contributed by atoms with E-state index in [-0.39, 0.29) is 18.9 Å². The number of nitrogens with zero attached hydrogens (tertiary/aromatic N) is 1. The van der Waals surface area contributed by atoms with Crippen LogP contribution in [0.4, 0.5) is 0 Å². The molecule has 5 rings (SSSR count). The number of aliphatic hydroxyl groups excluding tert-OH is 1. The van der Waals surface area contributed by atoms with Crippen molar-refractivity contribution in [3.63, 3.8) is 0 Å². The van der Waals surface area contributed by atoms with Gasteiger partial charge in [-0.3, -0.25) is 10.2 Å². The maximum Gasteiger partial charge on any atom is 0.266 e. The summed E-state index contributed by atoms with van der Waals surface area (Å²) in [4.78, 5) is 19.5. The monoisotopic (exact) mass is 735 g/mol. The Morgan fingerprint density at radius 3 is 2.31 bits per heavy atom. The summed E-state index contributed by atoms with van der Waals surface area (Å²) < 4.78 is 19.3. The summed E-state index contributed by atoms with van der Waals surface area (Å²) in [5, 5.41) is 9.07. The molecule has 2 atom stereocenters. The van der Waals surface area contributed by atoms with Gasteiger partial charge in [-0.25, -0.2) is 10.4 Å². The average Bonchev–Trinajstić information content (AvgIpc) is 3.45. The molecule has 1 aliphatic heterocycles. The predicted octanol–water partition coefficient (Wildman–Crippen LogP) is 6.34. The quantitative estimate of drug-likeness (QED) is 0.103. The van der Waals surface area contributed by atoms with Crippen LogP contribution in [0.25, 0.3) is 0 Å². The summed E-state index contributed by atoms with van der Waals surface area (Å²) in [6.07, 6.45) is 0.788. The minimum atomic E-state index is -1.35. The lowest BCUT2D eigenvalue weighted by Crippen LogP contribution is -2.54. The van der Waals surface area contributed by atoms with Crippen LogP contribution in [0.3, 0.4) is 0 Å². The summed E-state index contributed by atoms with van der Waals surface area (Å²) in [5.41, 5.74) is 8.28. The second kappa shape index (κ2) is 15.5. The number of halogens is 2. The lowest BCUT2D eigenvalue weighted by atomic mass is 9.82. The van der Waals surface area contributed by atoms with Crippen LogP contribution < -0.4 is 20.3 Å². The fourth-order valence-electron chi connectivity index (χ4n) is 5.13. The molecule has 10 heteroatoms. The lowest BCUT2D eigenvalue weighted by molar-refractivity contribution is -0.130. The Bertz CT molecular complexity index is 1610. The van der Waals surface area contributed by atoms with Gasteiger partial charge in [0.15, 0.2) is 11.6 Å². The van der Waals surface area contributed by atoms with Gasteiger partial charge in [0.2, 0.25) is 5.90 Å². The molecule has 3 N–H and O–H groups in total. The van der Waals surface area contributed by atoms with Crippen molar-refractivity contribution in [1.82, 2.24) is 10.9 Å². The van der Waals surface area contributed by atoms with Crippen molar-refractivity contribution in [2.24, 2.45) is 4.99 Å². The Morgan fingerprint density at radius 2 is 1.62 bits per heavy atom. The third-order valence-electron chi connectivity index (χ3n) is 7.54. The van der Waals surface area contributed by atoms with E-state index in [4.69, 9.17) is 24.3 Å². The van der Waals surface area contributed by atoms with Crippen LogP contribution >= 0.6 is 31.9 Å².